The minimum Gasteiger partial charge on any atom is -0.327 e. The van der Waals surface area contributed by atoms with Crippen molar-refractivity contribution in [2.75, 3.05) is 0 Å². The van der Waals surface area contributed by atoms with Gasteiger partial charge in [0.25, 0.3) is 5.56 Å². The van der Waals surface area contributed by atoms with E-state index >= 15 is 0 Å². The van der Waals surface area contributed by atoms with Crippen LogP contribution < -0.4 is 11.2 Å². The maximum absolute atomic E-state index is 13.3. The number of hydrogen-bond acceptors (Lipinski definition) is 4. The number of aryl methyl sites for hydroxylation is 1. The first-order chi connectivity index (χ1) is 14.9. The van der Waals surface area contributed by atoms with Crippen molar-refractivity contribution in [3.8, 4) is 0 Å². The van der Waals surface area contributed by atoms with E-state index in [1.54, 1.807) is 29.1 Å². The Morgan fingerprint density at radius 3 is 2.65 bits per heavy atom. The molecule has 0 aliphatic heterocycles. The van der Waals surface area contributed by atoms with Crippen LogP contribution in [0.15, 0.2) is 46.2 Å². The predicted molar refractivity (Wildman–Crippen MR) is 122 cm³/mol. The number of imidazole rings is 1. The van der Waals surface area contributed by atoms with Gasteiger partial charge in [0.2, 0.25) is 0 Å². The highest BCUT2D eigenvalue weighted by molar-refractivity contribution is 6.31. The van der Waals surface area contributed by atoms with Gasteiger partial charge in [-0.25, -0.2) is 4.79 Å². The van der Waals surface area contributed by atoms with E-state index in [0.717, 1.165) is 35.8 Å². The predicted octanol–water partition coefficient (Wildman–Crippen LogP) is 3.99. The third-order valence-corrected chi connectivity index (χ3v) is 6.16. The van der Waals surface area contributed by atoms with Gasteiger partial charge in [-0.05, 0) is 49.4 Å². The second kappa shape index (κ2) is 7.64. The molecule has 1 aliphatic rings. The van der Waals surface area contributed by atoms with E-state index in [1.165, 1.54) is 0 Å². The molecule has 3 aromatic heterocycles. The van der Waals surface area contributed by atoms with Crippen LogP contribution in [-0.4, -0.2) is 23.7 Å². The molecule has 1 saturated carbocycles. The van der Waals surface area contributed by atoms with Gasteiger partial charge < -0.3 is 4.57 Å². The van der Waals surface area contributed by atoms with Crippen LogP contribution in [0.3, 0.4) is 0 Å². The van der Waals surface area contributed by atoms with Gasteiger partial charge in [0.15, 0.2) is 0 Å². The lowest BCUT2D eigenvalue weighted by Gasteiger charge is -2.17. The molecule has 1 fully saturated rings. The third-order valence-electron chi connectivity index (χ3n) is 5.93. The van der Waals surface area contributed by atoms with Crippen molar-refractivity contribution in [2.45, 2.75) is 52.2 Å². The minimum atomic E-state index is -0.306. The van der Waals surface area contributed by atoms with E-state index in [9.17, 15) is 9.59 Å². The van der Waals surface area contributed by atoms with Gasteiger partial charge in [-0.2, -0.15) is 4.98 Å². The maximum atomic E-state index is 13.3. The van der Waals surface area contributed by atoms with E-state index in [1.807, 2.05) is 21.3 Å². The van der Waals surface area contributed by atoms with Crippen LogP contribution in [0.5, 0.6) is 0 Å². The third kappa shape index (κ3) is 3.57. The zero-order chi connectivity index (χ0) is 21.7. The molecule has 0 atom stereocenters. The van der Waals surface area contributed by atoms with Gasteiger partial charge in [-0.1, -0.05) is 25.4 Å². The summed E-state index contributed by atoms with van der Waals surface area (Å²) in [6.45, 7) is 5.20. The first-order valence-corrected chi connectivity index (χ1v) is 11.1. The van der Waals surface area contributed by atoms with E-state index in [-0.39, 0.29) is 23.8 Å². The van der Waals surface area contributed by atoms with Gasteiger partial charge in [0.05, 0.1) is 34.7 Å². The van der Waals surface area contributed by atoms with E-state index < -0.39 is 0 Å². The van der Waals surface area contributed by atoms with E-state index in [0.29, 0.717) is 28.7 Å². The van der Waals surface area contributed by atoms with E-state index in [2.05, 4.69) is 23.8 Å². The summed E-state index contributed by atoms with van der Waals surface area (Å²) in [6, 6.07) is 7.36. The molecular weight excluding hydrogens is 414 g/mol. The summed E-state index contributed by atoms with van der Waals surface area (Å²) in [5.74, 6) is 1.03. The first kappa shape index (κ1) is 20.0. The molecule has 8 heteroatoms. The molecule has 0 saturated heterocycles. The minimum absolute atomic E-state index is 0.0821. The number of benzene rings is 1. The summed E-state index contributed by atoms with van der Waals surface area (Å²) < 4.78 is 5.57. The fourth-order valence-electron chi connectivity index (χ4n) is 4.15. The van der Waals surface area contributed by atoms with Crippen molar-refractivity contribution in [1.29, 1.82) is 0 Å². The fraction of sp³-hybridized carbons (Fsp3) is 0.391. The topological polar surface area (TPSA) is 74.7 Å². The van der Waals surface area contributed by atoms with Crippen molar-refractivity contribution in [2.24, 2.45) is 5.92 Å². The van der Waals surface area contributed by atoms with Crippen molar-refractivity contribution in [1.82, 2.24) is 23.7 Å². The fourth-order valence-corrected chi connectivity index (χ4v) is 4.32. The highest BCUT2D eigenvalue weighted by atomic mass is 35.5. The Labute approximate surface area is 183 Å². The zero-order valence-corrected chi connectivity index (χ0v) is 18.3. The SMILES string of the molecule is CC(C)CCn1c(Cn2c(=O)n(C3CC3)c3ccncc32)nc(=O)c2ccc(Cl)cc21. The summed E-state index contributed by atoms with van der Waals surface area (Å²) >= 11 is 6.26. The Balaban J connectivity index is 1.71. The van der Waals surface area contributed by atoms with Crippen molar-refractivity contribution < 1.29 is 0 Å². The summed E-state index contributed by atoms with van der Waals surface area (Å²) in [5, 5.41) is 1.10. The lowest BCUT2D eigenvalue weighted by molar-refractivity contribution is 0.500. The van der Waals surface area contributed by atoms with Crippen molar-refractivity contribution in [3.63, 3.8) is 0 Å². The van der Waals surface area contributed by atoms with Crippen LogP contribution in [-0.2, 0) is 13.1 Å². The molecule has 0 bridgehead atoms. The smallest absolute Gasteiger partial charge is 0.327 e. The molecule has 0 unspecified atom stereocenters. The number of nitrogens with zero attached hydrogens (tertiary/aromatic N) is 5. The largest absolute Gasteiger partial charge is 0.329 e. The van der Waals surface area contributed by atoms with Crippen LogP contribution >= 0.6 is 11.6 Å². The molecule has 0 radical (unpaired) electrons. The molecule has 7 nitrogen and oxygen atoms in total. The Morgan fingerprint density at radius 2 is 1.90 bits per heavy atom. The molecule has 4 aromatic rings. The molecule has 0 amide bonds. The van der Waals surface area contributed by atoms with Gasteiger partial charge in [0, 0.05) is 23.8 Å². The van der Waals surface area contributed by atoms with Crippen LogP contribution in [0.2, 0.25) is 5.02 Å². The highest BCUT2D eigenvalue weighted by Crippen LogP contribution is 2.36. The van der Waals surface area contributed by atoms with Crippen molar-refractivity contribution >= 4 is 33.5 Å². The highest BCUT2D eigenvalue weighted by Gasteiger charge is 2.29. The second-order valence-electron chi connectivity index (χ2n) is 8.66. The van der Waals surface area contributed by atoms with Gasteiger partial charge in [-0.15, -0.1) is 0 Å². The molecule has 0 spiro atoms. The Hall–Kier alpha value is -2.93. The molecule has 160 valence electrons. The average molecular weight is 438 g/mol. The lowest BCUT2D eigenvalue weighted by atomic mass is 10.1. The number of fused-ring (bicyclic) bond motifs is 2. The normalized spacial score (nSPS) is 14.2. The first-order valence-electron chi connectivity index (χ1n) is 10.7. The standard InChI is InChI=1S/C23H24ClN5O2/c1-14(2)8-10-27-19-11-15(24)3-6-17(19)22(30)26-21(27)13-28-20-12-25-9-7-18(20)29(23(28)31)16-4-5-16/h3,6-7,9,11-12,14,16H,4-5,8,10,13H2,1-2H3. The van der Waals surface area contributed by atoms with Crippen LogP contribution in [0, 0.1) is 5.92 Å². The second-order valence-corrected chi connectivity index (χ2v) is 9.10. The summed E-state index contributed by atoms with van der Waals surface area (Å²) in [7, 11) is 0. The van der Waals surface area contributed by atoms with Crippen LogP contribution in [0.25, 0.3) is 21.9 Å². The Kier molecular flexibility index (Phi) is 4.93. The zero-order valence-electron chi connectivity index (χ0n) is 17.6. The number of aromatic nitrogens is 5. The van der Waals surface area contributed by atoms with Gasteiger partial charge in [-0.3, -0.25) is 18.9 Å². The molecule has 0 N–H and O–H groups in total. The average Bonchev–Trinajstić information content (AvgIpc) is 3.53. The molecule has 1 aromatic carbocycles. The van der Waals surface area contributed by atoms with E-state index in [4.69, 9.17) is 11.6 Å². The lowest BCUT2D eigenvalue weighted by Crippen LogP contribution is -2.28. The van der Waals surface area contributed by atoms with Crippen LogP contribution in [0.1, 0.15) is 45.0 Å². The van der Waals surface area contributed by atoms with Gasteiger partial charge >= 0.3 is 5.69 Å². The summed E-state index contributed by atoms with van der Waals surface area (Å²) in [6.07, 6.45) is 6.35. The number of pyridine rings is 1. The molecule has 1 aliphatic carbocycles. The monoisotopic (exact) mass is 437 g/mol. The molecule has 31 heavy (non-hydrogen) atoms. The number of rotatable bonds is 6. The number of hydrogen-bond donors (Lipinski definition) is 0. The molecular formula is C23H24ClN5O2. The van der Waals surface area contributed by atoms with Crippen LogP contribution in [0.4, 0.5) is 0 Å². The summed E-state index contributed by atoms with van der Waals surface area (Å²) in [5.41, 5.74) is 2.00. The number of halogens is 1. The Morgan fingerprint density at radius 1 is 1.10 bits per heavy atom. The Bertz CT molecular complexity index is 1410. The van der Waals surface area contributed by atoms with Crippen molar-refractivity contribution in [3.05, 3.63) is 68.3 Å². The molecule has 3 heterocycles. The molecule has 5 rings (SSSR count). The summed E-state index contributed by atoms with van der Waals surface area (Å²) in [4.78, 5) is 34.7. The van der Waals surface area contributed by atoms with Gasteiger partial charge in [0.1, 0.15) is 5.82 Å². The maximum Gasteiger partial charge on any atom is 0.329 e. The quantitative estimate of drug-likeness (QED) is 0.457.